The minimum Gasteiger partial charge on any atom is -0.494 e. The molecule has 2 unspecified atom stereocenters. The van der Waals surface area contributed by atoms with Crippen LogP contribution in [-0.4, -0.2) is 26.0 Å². The van der Waals surface area contributed by atoms with Gasteiger partial charge in [0.15, 0.2) is 0 Å². The monoisotopic (exact) mass is 403 g/mol. The SMILES string of the molecule is Cc1c(-n2c(O)c3c(c2O)C2(C)OC3(C)C[C@H]2O)ccc(Cl)c1C(F)(F)F. The summed E-state index contributed by atoms with van der Waals surface area (Å²) in [6, 6.07) is 2.37. The molecule has 2 aliphatic heterocycles. The summed E-state index contributed by atoms with van der Waals surface area (Å²) in [6.07, 6.45) is -5.43. The average Bonchev–Trinajstić information content (AvgIpc) is 3.01. The summed E-state index contributed by atoms with van der Waals surface area (Å²) >= 11 is 5.74. The van der Waals surface area contributed by atoms with E-state index >= 15 is 0 Å². The fourth-order valence-electron chi connectivity index (χ4n) is 4.52. The van der Waals surface area contributed by atoms with Crippen molar-refractivity contribution in [2.45, 2.75) is 50.7 Å². The van der Waals surface area contributed by atoms with Crippen LogP contribution in [0.2, 0.25) is 5.02 Å². The number of benzene rings is 1. The molecule has 3 N–H and O–H groups in total. The molecule has 0 saturated carbocycles. The summed E-state index contributed by atoms with van der Waals surface area (Å²) < 4.78 is 47.0. The van der Waals surface area contributed by atoms with E-state index in [9.17, 15) is 28.5 Å². The summed E-state index contributed by atoms with van der Waals surface area (Å²) in [5.74, 6) is -0.884. The molecule has 1 fully saturated rings. The highest BCUT2D eigenvalue weighted by Gasteiger charge is 2.64. The Morgan fingerprint density at radius 3 is 2.37 bits per heavy atom. The summed E-state index contributed by atoms with van der Waals surface area (Å²) in [7, 11) is 0. The van der Waals surface area contributed by atoms with E-state index < -0.39 is 45.8 Å². The smallest absolute Gasteiger partial charge is 0.418 e. The van der Waals surface area contributed by atoms with Gasteiger partial charge in [-0.25, -0.2) is 0 Å². The van der Waals surface area contributed by atoms with Gasteiger partial charge in [-0.2, -0.15) is 13.2 Å². The highest BCUT2D eigenvalue weighted by atomic mass is 35.5. The Kier molecular flexibility index (Phi) is 3.50. The second kappa shape index (κ2) is 5.12. The van der Waals surface area contributed by atoms with Crippen molar-refractivity contribution in [3.8, 4) is 17.4 Å². The largest absolute Gasteiger partial charge is 0.494 e. The normalized spacial score (nSPS) is 29.4. The predicted molar refractivity (Wildman–Crippen MR) is 90.3 cm³/mol. The van der Waals surface area contributed by atoms with Gasteiger partial charge in [0.2, 0.25) is 11.8 Å². The number of nitrogens with zero attached hydrogens (tertiary/aromatic N) is 1. The minimum absolute atomic E-state index is 0.0581. The molecule has 1 aromatic heterocycles. The van der Waals surface area contributed by atoms with Crippen LogP contribution in [0.4, 0.5) is 13.2 Å². The van der Waals surface area contributed by atoms with Gasteiger partial charge in [-0.15, -0.1) is 0 Å². The maximum atomic E-state index is 13.4. The van der Waals surface area contributed by atoms with E-state index in [1.165, 1.54) is 13.0 Å². The Bertz CT molecular complexity index is 986. The molecular formula is C18H17ClF3NO4. The van der Waals surface area contributed by atoms with Crippen LogP contribution in [0.15, 0.2) is 12.1 Å². The zero-order valence-electron chi connectivity index (χ0n) is 14.6. The van der Waals surface area contributed by atoms with E-state index in [0.717, 1.165) is 10.6 Å². The molecule has 9 heteroatoms. The molecular weight excluding hydrogens is 387 g/mol. The van der Waals surface area contributed by atoms with Crippen molar-refractivity contribution in [2.75, 3.05) is 0 Å². The van der Waals surface area contributed by atoms with E-state index in [4.69, 9.17) is 16.3 Å². The lowest BCUT2D eigenvalue weighted by Crippen LogP contribution is -2.32. The van der Waals surface area contributed by atoms with Gasteiger partial charge in [0.1, 0.15) is 5.60 Å². The highest BCUT2D eigenvalue weighted by molar-refractivity contribution is 6.31. The number of hydrogen-bond acceptors (Lipinski definition) is 4. The molecule has 5 nitrogen and oxygen atoms in total. The molecule has 27 heavy (non-hydrogen) atoms. The second-order valence-electron chi connectivity index (χ2n) is 7.46. The lowest BCUT2D eigenvalue weighted by atomic mass is 9.78. The number of aliphatic hydroxyl groups excluding tert-OH is 1. The molecule has 0 radical (unpaired) electrons. The molecule has 3 atom stereocenters. The van der Waals surface area contributed by atoms with Crippen molar-refractivity contribution in [3.05, 3.63) is 39.4 Å². The fourth-order valence-corrected chi connectivity index (χ4v) is 4.83. The number of fused-ring (bicyclic) bond motifs is 5. The van der Waals surface area contributed by atoms with Gasteiger partial charge in [-0.1, -0.05) is 11.6 Å². The van der Waals surface area contributed by atoms with Crippen LogP contribution >= 0.6 is 11.6 Å². The number of halogens is 4. The predicted octanol–water partition coefficient (Wildman–Crippen LogP) is 4.09. The number of hydrogen-bond donors (Lipinski definition) is 3. The number of aliphatic hydroxyl groups is 1. The van der Waals surface area contributed by atoms with Crippen molar-refractivity contribution < 1.29 is 33.2 Å². The second-order valence-corrected chi connectivity index (χ2v) is 7.86. The molecule has 0 amide bonds. The van der Waals surface area contributed by atoms with Gasteiger partial charge < -0.3 is 20.1 Å². The van der Waals surface area contributed by atoms with Gasteiger partial charge in [0, 0.05) is 6.42 Å². The van der Waals surface area contributed by atoms with Crippen LogP contribution in [0.1, 0.15) is 42.5 Å². The third-order valence-corrected chi connectivity index (χ3v) is 6.03. The summed E-state index contributed by atoms with van der Waals surface area (Å²) in [4.78, 5) is 0. The molecule has 0 aliphatic carbocycles. The Morgan fingerprint density at radius 2 is 1.78 bits per heavy atom. The number of aromatic hydroxyl groups is 2. The molecule has 4 rings (SSSR count). The topological polar surface area (TPSA) is 74.9 Å². The lowest BCUT2D eigenvalue weighted by Gasteiger charge is -2.25. The number of rotatable bonds is 1. The molecule has 2 aromatic rings. The van der Waals surface area contributed by atoms with E-state index in [0.29, 0.717) is 0 Å². The van der Waals surface area contributed by atoms with Crippen molar-refractivity contribution in [1.82, 2.24) is 4.57 Å². The Balaban J connectivity index is 2.02. The Morgan fingerprint density at radius 1 is 1.19 bits per heavy atom. The summed E-state index contributed by atoms with van der Waals surface area (Å²) in [6.45, 7) is 4.46. The van der Waals surface area contributed by atoms with E-state index in [1.54, 1.807) is 13.8 Å². The van der Waals surface area contributed by atoms with Gasteiger partial charge >= 0.3 is 6.18 Å². The fraction of sp³-hybridized carbons (Fsp3) is 0.444. The standard InChI is InChI=1S/C18H17ClF3NO4/c1-7-9(5-4-8(19)11(7)18(20,21)22)23-14(25)12-13(15(23)26)17(3)10(24)6-16(12,2)27-17/h4-5,10,24-26H,6H2,1-3H3/t10-,16?,17?/m1/s1. The first-order valence-corrected chi connectivity index (χ1v) is 8.63. The van der Waals surface area contributed by atoms with Crippen LogP contribution in [-0.2, 0) is 22.1 Å². The Hall–Kier alpha value is -1.90. The van der Waals surface area contributed by atoms with Gasteiger partial charge in [-0.05, 0) is 38.5 Å². The minimum atomic E-state index is -4.70. The molecule has 3 heterocycles. The zero-order chi connectivity index (χ0) is 20.1. The Labute approximate surface area is 157 Å². The van der Waals surface area contributed by atoms with Crippen LogP contribution in [0.3, 0.4) is 0 Å². The number of alkyl halides is 3. The van der Waals surface area contributed by atoms with Crippen LogP contribution < -0.4 is 0 Å². The summed E-state index contributed by atoms with van der Waals surface area (Å²) in [5.41, 5.74) is -3.19. The maximum absolute atomic E-state index is 13.4. The molecule has 1 saturated heterocycles. The first-order valence-electron chi connectivity index (χ1n) is 8.25. The van der Waals surface area contributed by atoms with E-state index in [1.807, 2.05) is 0 Å². The highest BCUT2D eigenvalue weighted by Crippen LogP contribution is 2.64. The van der Waals surface area contributed by atoms with Crippen LogP contribution in [0.25, 0.3) is 5.69 Å². The molecule has 2 bridgehead atoms. The summed E-state index contributed by atoms with van der Waals surface area (Å²) in [5, 5.41) is 31.4. The van der Waals surface area contributed by atoms with Crippen molar-refractivity contribution in [3.63, 3.8) is 0 Å². The van der Waals surface area contributed by atoms with Gasteiger partial charge in [0.05, 0.1) is 39.1 Å². The number of aromatic nitrogens is 1. The molecule has 2 aliphatic rings. The number of ether oxygens (including phenoxy) is 1. The van der Waals surface area contributed by atoms with E-state index in [2.05, 4.69) is 0 Å². The average molecular weight is 404 g/mol. The first-order chi connectivity index (χ1) is 12.3. The lowest BCUT2D eigenvalue weighted by molar-refractivity contribution is -0.137. The van der Waals surface area contributed by atoms with Gasteiger partial charge in [-0.3, -0.25) is 4.57 Å². The maximum Gasteiger partial charge on any atom is 0.418 e. The molecule has 0 spiro atoms. The van der Waals surface area contributed by atoms with Crippen LogP contribution in [0.5, 0.6) is 11.8 Å². The third-order valence-electron chi connectivity index (χ3n) is 5.71. The quantitative estimate of drug-likeness (QED) is 0.670. The van der Waals surface area contributed by atoms with E-state index in [-0.39, 0.29) is 28.8 Å². The third kappa shape index (κ3) is 2.14. The van der Waals surface area contributed by atoms with Crippen molar-refractivity contribution in [2.24, 2.45) is 0 Å². The molecule has 146 valence electrons. The first kappa shape index (κ1) is 18.5. The van der Waals surface area contributed by atoms with Crippen molar-refractivity contribution in [1.29, 1.82) is 0 Å². The van der Waals surface area contributed by atoms with Gasteiger partial charge in [0.25, 0.3) is 0 Å². The zero-order valence-corrected chi connectivity index (χ0v) is 15.4. The molecule has 1 aromatic carbocycles. The van der Waals surface area contributed by atoms with Crippen molar-refractivity contribution >= 4 is 11.6 Å². The van der Waals surface area contributed by atoms with Crippen LogP contribution in [0, 0.1) is 6.92 Å².